The van der Waals surface area contributed by atoms with E-state index in [2.05, 4.69) is 10.9 Å². The van der Waals surface area contributed by atoms with Crippen LogP contribution in [0.15, 0.2) is 41.8 Å². The standard InChI is InChI=1S/C17H21N3O3S/c1-22-14-4-6-15(7-5-14)23-12-17(21)20(13-9-18-19-10-13)11-16-3-2-8-24-16/h2-8,13,18-19H,9-12H2,1H3. The van der Waals surface area contributed by atoms with E-state index in [4.69, 9.17) is 9.47 Å². The van der Waals surface area contributed by atoms with E-state index < -0.39 is 0 Å². The Hall–Kier alpha value is -2.09. The zero-order chi connectivity index (χ0) is 16.8. The largest absolute Gasteiger partial charge is 0.497 e. The Balaban J connectivity index is 1.61. The number of ether oxygens (including phenoxy) is 2. The van der Waals surface area contributed by atoms with Crippen LogP contribution < -0.4 is 20.3 Å². The number of amides is 1. The Morgan fingerprint density at radius 2 is 1.92 bits per heavy atom. The number of thiophene rings is 1. The van der Waals surface area contributed by atoms with Crippen LogP contribution in [0.5, 0.6) is 11.5 Å². The molecule has 2 N–H and O–H groups in total. The molecule has 1 aromatic heterocycles. The summed E-state index contributed by atoms with van der Waals surface area (Å²) in [5.74, 6) is 1.40. The highest BCUT2D eigenvalue weighted by molar-refractivity contribution is 7.09. The van der Waals surface area contributed by atoms with Gasteiger partial charge in [-0.1, -0.05) is 6.07 Å². The van der Waals surface area contributed by atoms with Crippen LogP contribution in [-0.2, 0) is 11.3 Å². The number of hydrogen-bond donors (Lipinski definition) is 2. The molecular formula is C17H21N3O3S. The van der Waals surface area contributed by atoms with Gasteiger partial charge in [-0.3, -0.25) is 15.6 Å². The summed E-state index contributed by atoms with van der Waals surface area (Å²) in [6.45, 7) is 2.10. The van der Waals surface area contributed by atoms with Crippen molar-refractivity contribution < 1.29 is 14.3 Å². The number of carbonyl (C=O) groups excluding carboxylic acids is 1. The molecule has 0 radical (unpaired) electrons. The van der Waals surface area contributed by atoms with Gasteiger partial charge in [0.1, 0.15) is 11.5 Å². The predicted octanol–water partition coefficient (Wildman–Crippen LogP) is 1.64. The van der Waals surface area contributed by atoms with Crippen LogP contribution in [0.2, 0.25) is 0 Å². The molecule has 0 bridgehead atoms. The Kier molecular flexibility index (Phi) is 5.68. The molecule has 2 aromatic rings. The molecule has 1 aliphatic rings. The van der Waals surface area contributed by atoms with Gasteiger partial charge in [-0.25, -0.2) is 0 Å². The first-order valence-electron chi connectivity index (χ1n) is 7.80. The summed E-state index contributed by atoms with van der Waals surface area (Å²) in [6, 6.07) is 11.4. The molecule has 1 aromatic carbocycles. The maximum atomic E-state index is 12.7. The lowest BCUT2D eigenvalue weighted by atomic mass is 10.2. The Bertz CT molecular complexity index is 640. The van der Waals surface area contributed by atoms with Crippen LogP contribution in [0.4, 0.5) is 0 Å². The van der Waals surface area contributed by atoms with E-state index in [0.29, 0.717) is 12.3 Å². The highest BCUT2D eigenvalue weighted by Crippen LogP contribution is 2.18. The first kappa shape index (κ1) is 16.8. The second-order valence-corrected chi connectivity index (χ2v) is 6.51. The van der Waals surface area contributed by atoms with Crippen LogP contribution in [0.25, 0.3) is 0 Å². The topological polar surface area (TPSA) is 62.8 Å². The maximum Gasteiger partial charge on any atom is 0.261 e. The van der Waals surface area contributed by atoms with Crippen LogP contribution in [0, 0.1) is 0 Å². The molecule has 1 saturated heterocycles. The lowest BCUT2D eigenvalue weighted by Gasteiger charge is -2.27. The molecule has 2 heterocycles. The summed E-state index contributed by atoms with van der Waals surface area (Å²) in [5, 5.41) is 2.02. The van der Waals surface area contributed by atoms with E-state index in [1.165, 1.54) is 4.88 Å². The summed E-state index contributed by atoms with van der Waals surface area (Å²) in [4.78, 5) is 15.7. The molecule has 1 fully saturated rings. The Labute approximate surface area is 145 Å². The third-order valence-electron chi connectivity index (χ3n) is 3.89. The quantitative estimate of drug-likeness (QED) is 0.797. The summed E-state index contributed by atoms with van der Waals surface area (Å²) in [6.07, 6.45) is 0. The fraction of sp³-hybridized carbons (Fsp3) is 0.353. The number of carbonyl (C=O) groups is 1. The van der Waals surface area contributed by atoms with Crippen molar-refractivity contribution in [3.63, 3.8) is 0 Å². The number of methoxy groups -OCH3 is 1. The molecule has 0 unspecified atom stereocenters. The smallest absolute Gasteiger partial charge is 0.261 e. The van der Waals surface area contributed by atoms with Gasteiger partial charge in [0.2, 0.25) is 0 Å². The van der Waals surface area contributed by atoms with Gasteiger partial charge in [-0.2, -0.15) is 0 Å². The van der Waals surface area contributed by atoms with E-state index in [-0.39, 0.29) is 18.6 Å². The first-order valence-corrected chi connectivity index (χ1v) is 8.68. The molecule has 0 saturated carbocycles. The van der Waals surface area contributed by atoms with Crippen molar-refractivity contribution in [3.8, 4) is 11.5 Å². The Morgan fingerprint density at radius 1 is 1.21 bits per heavy atom. The second kappa shape index (κ2) is 8.14. The minimum absolute atomic E-state index is 0.0188. The second-order valence-electron chi connectivity index (χ2n) is 5.48. The van der Waals surface area contributed by atoms with Crippen molar-refractivity contribution in [3.05, 3.63) is 46.7 Å². The minimum atomic E-state index is -0.0188. The highest BCUT2D eigenvalue weighted by Gasteiger charge is 2.27. The van der Waals surface area contributed by atoms with Crippen molar-refractivity contribution in [1.29, 1.82) is 0 Å². The molecule has 0 aliphatic carbocycles. The SMILES string of the molecule is COc1ccc(OCC(=O)N(Cc2cccs2)C2CNNC2)cc1. The fourth-order valence-corrected chi connectivity index (χ4v) is 3.27. The average Bonchev–Trinajstić information content (AvgIpc) is 3.31. The number of nitrogens with zero attached hydrogens (tertiary/aromatic N) is 1. The molecule has 24 heavy (non-hydrogen) atoms. The van der Waals surface area contributed by atoms with Crippen LogP contribution in [0.3, 0.4) is 0 Å². The van der Waals surface area contributed by atoms with E-state index in [1.54, 1.807) is 30.6 Å². The number of hydrogen-bond acceptors (Lipinski definition) is 6. The Morgan fingerprint density at radius 3 is 2.54 bits per heavy atom. The number of hydrazine groups is 1. The van der Waals surface area contributed by atoms with Gasteiger partial charge in [0.25, 0.3) is 5.91 Å². The predicted molar refractivity (Wildman–Crippen MR) is 93.2 cm³/mol. The van der Waals surface area contributed by atoms with Crippen molar-refractivity contribution in [2.24, 2.45) is 0 Å². The van der Waals surface area contributed by atoms with Crippen molar-refractivity contribution >= 4 is 17.2 Å². The van der Waals surface area contributed by atoms with Gasteiger partial charge >= 0.3 is 0 Å². The van der Waals surface area contributed by atoms with E-state index in [1.807, 2.05) is 34.5 Å². The van der Waals surface area contributed by atoms with Gasteiger partial charge in [0.05, 0.1) is 19.7 Å². The third-order valence-corrected chi connectivity index (χ3v) is 4.75. The summed E-state index contributed by atoms with van der Waals surface area (Å²) in [5.41, 5.74) is 6.16. The van der Waals surface area contributed by atoms with Gasteiger partial charge in [-0.05, 0) is 35.7 Å². The number of nitrogens with one attached hydrogen (secondary N) is 2. The zero-order valence-corrected chi connectivity index (χ0v) is 14.3. The van der Waals surface area contributed by atoms with Crippen molar-refractivity contribution in [2.45, 2.75) is 12.6 Å². The fourth-order valence-electron chi connectivity index (χ4n) is 2.56. The molecule has 128 valence electrons. The van der Waals surface area contributed by atoms with Crippen LogP contribution in [-0.4, -0.2) is 43.7 Å². The summed E-state index contributed by atoms with van der Waals surface area (Å²) >= 11 is 1.66. The van der Waals surface area contributed by atoms with E-state index in [9.17, 15) is 4.79 Å². The van der Waals surface area contributed by atoms with E-state index in [0.717, 1.165) is 18.8 Å². The highest BCUT2D eigenvalue weighted by atomic mass is 32.1. The molecule has 6 nitrogen and oxygen atoms in total. The monoisotopic (exact) mass is 347 g/mol. The average molecular weight is 347 g/mol. The molecule has 3 rings (SSSR count). The van der Waals surface area contributed by atoms with Gasteiger partial charge < -0.3 is 14.4 Å². The molecule has 0 spiro atoms. The molecule has 7 heteroatoms. The normalized spacial score (nSPS) is 14.5. The summed E-state index contributed by atoms with van der Waals surface area (Å²) in [7, 11) is 1.62. The lowest BCUT2D eigenvalue weighted by molar-refractivity contribution is -0.135. The minimum Gasteiger partial charge on any atom is -0.497 e. The first-order chi connectivity index (χ1) is 11.8. The van der Waals surface area contributed by atoms with Crippen molar-refractivity contribution in [2.75, 3.05) is 26.8 Å². The van der Waals surface area contributed by atoms with Crippen molar-refractivity contribution in [1.82, 2.24) is 15.8 Å². The van der Waals surface area contributed by atoms with Gasteiger partial charge in [-0.15, -0.1) is 11.3 Å². The lowest BCUT2D eigenvalue weighted by Crippen LogP contribution is -2.44. The third kappa shape index (κ3) is 4.25. The van der Waals surface area contributed by atoms with Gasteiger partial charge in [0, 0.05) is 18.0 Å². The van der Waals surface area contributed by atoms with Gasteiger partial charge in [0.15, 0.2) is 6.61 Å². The van der Waals surface area contributed by atoms with E-state index >= 15 is 0 Å². The van der Waals surface area contributed by atoms with Crippen LogP contribution >= 0.6 is 11.3 Å². The number of rotatable bonds is 7. The molecule has 1 aliphatic heterocycles. The van der Waals surface area contributed by atoms with Crippen LogP contribution in [0.1, 0.15) is 4.88 Å². The maximum absolute atomic E-state index is 12.7. The zero-order valence-electron chi connectivity index (χ0n) is 13.5. The molecular weight excluding hydrogens is 326 g/mol. The summed E-state index contributed by atoms with van der Waals surface area (Å²) < 4.78 is 10.8. The number of benzene rings is 1. The molecule has 0 atom stereocenters. The molecule has 1 amide bonds.